The number of fused-ring (bicyclic) bond motifs is 1. The molecule has 0 aliphatic heterocycles. The lowest BCUT2D eigenvalue weighted by molar-refractivity contribution is 0.386. The van der Waals surface area contributed by atoms with Crippen LogP contribution in [0.15, 0.2) is 35.3 Å². The fourth-order valence-electron chi connectivity index (χ4n) is 1.90. The molecule has 16 heavy (non-hydrogen) atoms. The van der Waals surface area contributed by atoms with Gasteiger partial charge >= 0.3 is 0 Å². The Labute approximate surface area is 95.5 Å². The Balaban J connectivity index is 2.81. The molecule has 0 radical (unpaired) electrons. The molecule has 1 aromatic heterocycles. The molecule has 2 heteroatoms. The van der Waals surface area contributed by atoms with Crippen molar-refractivity contribution < 1.29 is 0 Å². The molecule has 0 aliphatic carbocycles. The summed E-state index contributed by atoms with van der Waals surface area (Å²) in [5.74, 6) is 0. The van der Waals surface area contributed by atoms with Crippen molar-refractivity contribution in [3.05, 3.63) is 46.4 Å². The molecule has 0 aliphatic rings. The number of benzene rings is 1. The highest BCUT2D eigenvalue weighted by atomic mass is 16.1. The standard InChI is InChI=1S/C14H17NO/c1-10-5-6-12-11(9-10)7-8-15(13(12)16)14(2,3)4/h5-9H,1-4H3. The fraction of sp³-hybridized carbons (Fsp3) is 0.357. The number of pyridine rings is 1. The van der Waals surface area contributed by atoms with Crippen LogP contribution >= 0.6 is 0 Å². The van der Waals surface area contributed by atoms with E-state index in [2.05, 4.69) is 0 Å². The topological polar surface area (TPSA) is 22.0 Å². The predicted molar refractivity (Wildman–Crippen MR) is 67.9 cm³/mol. The Morgan fingerprint density at radius 3 is 2.44 bits per heavy atom. The molecule has 0 amide bonds. The molecule has 84 valence electrons. The van der Waals surface area contributed by atoms with Gasteiger partial charge in [0, 0.05) is 17.1 Å². The van der Waals surface area contributed by atoms with E-state index in [9.17, 15) is 4.79 Å². The molecule has 0 atom stereocenters. The van der Waals surface area contributed by atoms with Gasteiger partial charge in [0.15, 0.2) is 0 Å². The SMILES string of the molecule is Cc1ccc2c(=O)n(C(C)(C)C)ccc2c1. The zero-order valence-corrected chi connectivity index (χ0v) is 10.2. The Morgan fingerprint density at radius 2 is 1.81 bits per heavy atom. The van der Waals surface area contributed by atoms with E-state index in [1.165, 1.54) is 5.56 Å². The van der Waals surface area contributed by atoms with E-state index in [4.69, 9.17) is 0 Å². The second-order valence-corrected chi connectivity index (χ2v) is 5.25. The van der Waals surface area contributed by atoms with Crippen LogP contribution in [0.1, 0.15) is 26.3 Å². The van der Waals surface area contributed by atoms with Gasteiger partial charge in [-0.25, -0.2) is 0 Å². The van der Waals surface area contributed by atoms with Crippen molar-refractivity contribution in [1.82, 2.24) is 4.57 Å². The van der Waals surface area contributed by atoms with Crippen molar-refractivity contribution in [2.24, 2.45) is 0 Å². The highest BCUT2D eigenvalue weighted by molar-refractivity contribution is 5.82. The largest absolute Gasteiger partial charge is 0.310 e. The molecule has 2 aromatic rings. The third-order valence-electron chi connectivity index (χ3n) is 2.78. The Kier molecular flexibility index (Phi) is 2.38. The molecular formula is C14H17NO. The molecule has 1 heterocycles. The summed E-state index contributed by atoms with van der Waals surface area (Å²) in [6.07, 6.45) is 1.88. The Morgan fingerprint density at radius 1 is 1.12 bits per heavy atom. The smallest absolute Gasteiger partial charge is 0.258 e. The summed E-state index contributed by atoms with van der Waals surface area (Å²) < 4.78 is 1.78. The van der Waals surface area contributed by atoms with Crippen LogP contribution in [0.4, 0.5) is 0 Å². The second kappa shape index (κ2) is 3.48. The molecule has 2 rings (SSSR count). The zero-order chi connectivity index (χ0) is 11.9. The van der Waals surface area contributed by atoms with Gasteiger partial charge in [-0.15, -0.1) is 0 Å². The van der Waals surface area contributed by atoms with Gasteiger partial charge in [-0.3, -0.25) is 4.79 Å². The van der Waals surface area contributed by atoms with Gasteiger partial charge in [-0.2, -0.15) is 0 Å². The van der Waals surface area contributed by atoms with Gasteiger partial charge in [0.2, 0.25) is 0 Å². The summed E-state index contributed by atoms with van der Waals surface area (Å²) in [6.45, 7) is 8.14. The molecule has 0 fully saturated rings. The van der Waals surface area contributed by atoms with Crippen molar-refractivity contribution in [2.75, 3.05) is 0 Å². The maximum atomic E-state index is 12.2. The molecule has 0 N–H and O–H groups in total. The van der Waals surface area contributed by atoms with Crippen molar-refractivity contribution in [3.63, 3.8) is 0 Å². The van der Waals surface area contributed by atoms with Crippen LogP contribution in [-0.2, 0) is 5.54 Å². The zero-order valence-electron chi connectivity index (χ0n) is 10.2. The second-order valence-electron chi connectivity index (χ2n) is 5.25. The summed E-state index contributed by atoms with van der Waals surface area (Å²) in [5, 5.41) is 1.81. The van der Waals surface area contributed by atoms with E-state index in [-0.39, 0.29) is 11.1 Å². The van der Waals surface area contributed by atoms with Gasteiger partial charge in [-0.1, -0.05) is 17.7 Å². The van der Waals surface area contributed by atoms with E-state index in [1.807, 2.05) is 58.2 Å². The van der Waals surface area contributed by atoms with Crippen LogP contribution in [0.3, 0.4) is 0 Å². The highest BCUT2D eigenvalue weighted by Gasteiger charge is 2.15. The van der Waals surface area contributed by atoms with Crippen LogP contribution in [0.5, 0.6) is 0 Å². The third kappa shape index (κ3) is 1.75. The molecular weight excluding hydrogens is 198 g/mol. The first kappa shape index (κ1) is 10.9. The van der Waals surface area contributed by atoms with Crippen molar-refractivity contribution >= 4 is 10.8 Å². The number of hydrogen-bond acceptors (Lipinski definition) is 1. The summed E-state index contributed by atoms with van der Waals surface area (Å²) in [6, 6.07) is 7.95. The van der Waals surface area contributed by atoms with Crippen LogP contribution in [-0.4, -0.2) is 4.57 Å². The van der Waals surface area contributed by atoms with E-state index < -0.39 is 0 Å². The number of rotatable bonds is 0. The highest BCUT2D eigenvalue weighted by Crippen LogP contribution is 2.16. The van der Waals surface area contributed by atoms with Crippen molar-refractivity contribution in [2.45, 2.75) is 33.2 Å². The molecule has 0 saturated heterocycles. The molecule has 0 bridgehead atoms. The van der Waals surface area contributed by atoms with E-state index in [0.29, 0.717) is 0 Å². The maximum absolute atomic E-state index is 12.2. The first-order chi connectivity index (χ1) is 7.39. The number of aromatic nitrogens is 1. The van der Waals surface area contributed by atoms with E-state index >= 15 is 0 Å². The van der Waals surface area contributed by atoms with Gasteiger partial charge < -0.3 is 4.57 Å². The molecule has 1 aromatic carbocycles. The first-order valence-corrected chi connectivity index (χ1v) is 5.52. The van der Waals surface area contributed by atoms with Crippen LogP contribution in [0.2, 0.25) is 0 Å². The van der Waals surface area contributed by atoms with Gasteiger partial charge in [-0.05, 0) is 45.2 Å². The van der Waals surface area contributed by atoms with Gasteiger partial charge in [0.05, 0.1) is 0 Å². The number of aryl methyl sites for hydroxylation is 1. The normalized spacial score (nSPS) is 12.0. The fourth-order valence-corrected chi connectivity index (χ4v) is 1.90. The number of hydrogen-bond donors (Lipinski definition) is 0. The lowest BCUT2D eigenvalue weighted by Gasteiger charge is -2.22. The summed E-state index contributed by atoms with van der Waals surface area (Å²) in [7, 11) is 0. The summed E-state index contributed by atoms with van der Waals surface area (Å²) in [5.41, 5.74) is 1.10. The maximum Gasteiger partial charge on any atom is 0.258 e. The minimum absolute atomic E-state index is 0.0880. The van der Waals surface area contributed by atoms with Crippen molar-refractivity contribution in [1.29, 1.82) is 0 Å². The molecule has 0 spiro atoms. The quantitative estimate of drug-likeness (QED) is 0.662. The molecule has 0 unspecified atom stereocenters. The molecule has 2 nitrogen and oxygen atoms in total. The van der Waals surface area contributed by atoms with Crippen LogP contribution < -0.4 is 5.56 Å². The summed E-state index contributed by atoms with van der Waals surface area (Å²) >= 11 is 0. The van der Waals surface area contributed by atoms with Gasteiger partial charge in [0.25, 0.3) is 5.56 Å². The average Bonchev–Trinajstić information content (AvgIpc) is 2.15. The van der Waals surface area contributed by atoms with Gasteiger partial charge in [0.1, 0.15) is 0 Å². The summed E-state index contributed by atoms with van der Waals surface area (Å²) in [4.78, 5) is 12.2. The predicted octanol–water partition coefficient (Wildman–Crippen LogP) is 3.06. The van der Waals surface area contributed by atoms with Crippen LogP contribution in [0.25, 0.3) is 10.8 Å². The van der Waals surface area contributed by atoms with Crippen molar-refractivity contribution in [3.8, 4) is 0 Å². The molecule has 0 saturated carbocycles. The minimum Gasteiger partial charge on any atom is -0.310 e. The van der Waals surface area contributed by atoms with E-state index in [1.54, 1.807) is 4.57 Å². The Bertz CT molecular complexity index is 588. The lowest BCUT2D eigenvalue weighted by atomic mass is 10.1. The number of nitrogens with zero attached hydrogens (tertiary/aromatic N) is 1. The Hall–Kier alpha value is -1.57. The van der Waals surface area contributed by atoms with Crippen LogP contribution in [0, 0.1) is 6.92 Å². The third-order valence-corrected chi connectivity index (χ3v) is 2.78. The van der Waals surface area contributed by atoms with E-state index in [0.717, 1.165) is 10.8 Å². The average molecular weight is 215 g/mol. The first-order valence-electron chi connectivity index (χ1n) is 5.52. The monoisotopic (exact) mass is 215 g/mol. The minimum atomic E-state index is -0.170. The lowest BCUT2D eigenvalue weighted by Crippen LogP contribution is -2.33.